The quantitative estimate of drug-likeness (QED) is 0.612. The Morgan fingerprint density at radius 2 is 1.72 bits per heavy atom. The molecule has 0 spiro atoms. The van der Waals surface area contributed by atoms with E-state index in [0.717, 1.165) is 44.5 Å². The van der Waals surface area contributed by atoms with Crippen molar-refractivity contribution in [1.82, 2.24) is 14.3 Å². The summed E-state index contributed by atoms with van der Waals surface area (Å²) >= 11 is 1.60. The minimum atomic E-state index is -0.204. The molecule has 3 heterocycles. The van der Waals surface area contributed by atoms with Gasteiger partial charge in [0.2, 0.25) is 0 Å². The van der Waals surface area contributed by atoms with Crippen LogP contribution in [0.3, 0.4) is 0 Å². The number of hydrogen-bond donors (Lipinski definition) is 0. The SMILES string of the molecule is O=C(c1cnc2sc3c(n2c1=O)CCCCC3)N1CCN(c2ccccc2)CC1. The van der Waals surface area contributed by atoms with E-state index in [9.17, 15) is 9.59 Å². The van der Waals surface area contributed by atoms with Crippen molar-refractivity contribution in [3.8, 4) is 0 Å². The largest absolute Gasteiger partial charge is 0.368 e. The summed E-state index contributed by atoms with van der Waals surface area (Å²) in [4.78, 5) is 36.9. The molecule has 2 aliphatic rings. The van der Waals surface area contributed by atoms with Crippen molar-refractivity contribution in [2.45, 2.75) is 32.1 Å². The highest BCUT2D eigenvalue weighted by atomic mass is 32.1. The number of thiazole rings is 1. The minimum absolute atomic E-state index is 0.195. The molecule has 5 rings (SSSR count). The second-order valence-corrected chi connectivity index (χ2v) is 8.80. The molecule has 1 fully saturated rings. The molecule has 2 aromatic heterocycles. The Morgan fingerprint density at radius 3 is 2.52 bits per heavy atom. The average Bonchev–Trinajstić information content (AvgIpc) is 2.97. The second kappa shape index (κ2) is 7.63. The van der Waals surface area contributed by atoms with Crippen molar-refractivity contribution in [2.75, 3.05) is 31.1 Å². The topological polar surface area (TPSA) is 57.9 Å². The van der Waals surface area contributed by atoms with Gasteiger partial charge in [-0.1, -0.05) is 24.6 Å². The van der Waals surface area contributed by atoms with E-state index < -0.39 is 0 Å². The van der Waals surface area contributed by atoms with E-state index in [2.05, 4.69) is 22.0 Å². The van der Waals surface area contributed by atoms with Crippen LogP contribution in [-0.4, -0.2) is 46.4 Å². The maximum atomic E-state index is 13.2. The van der Waals surface area contributed by atoms with Crippen LogP contribution in [0.1, 0.15) is 40.2 Å². The van der Waals surface area contributed by atoms with Crippen molar-refractivity contribution < 1.29 is 4.79 Å². The average molecular weight is 409 g/mol. The Balaban J connectivity index is 1.40. The van der Waals surface area contributed by atoms with Gasteiger partial charge in [-0.2, -0.15) is 0 Å². The summed E-state index contributed by atoms with van der Waals surface area (Å²) in [6.07, 6.45) is 6.82. The molecule has 1 aliphatic heterocycles. The first-order valence-electron chi connectivity index (χ1n) is 10.3. The molecule has 1 saturated heterocycles. The van der Waals surface area contributed by atoms with Crippen LogP contribution in [0.15, 0.2) is 41.3 Å². The first kappa shape index (κ1) is 18.4. The molecule has 0 atom stereocenters. The van der Waals surface area contributed by atoms with Crippen LogP contribution < -0.4 is 10.5 Å². The third kappa shape index (κ3) is 3.33. The number of anilines is 1. The minimum Gasteiger partial charge on any atom is -0.368 e. The lowest BCUT2D eigenvalue weighted by Gasteiger charge is -2.36. The van der Waals surface area contributed by atoms with E-state index in [0.29, 0.717) is 18.1 Å². The summed E-state index contributed by atoms with van der Waals surface area (Å²) in [5.74, 6) is -0.196. The Hall–Kier alpha value is -2.67. The molecule has 0 unspecified atom stereocenters. The summed E-state index contributed by atoms with van der Waals surface area (Å²) in [5, 5.41) is 0. The third-order valence-corrected chi connectivity index (χ3v) is 7.13. The normalized spacial score (nSPS) is 17.2. The molecular formula is C22H24N4O2S. The van der Waals surface area contributed by atoms with Gasteiger partial charge in [0.05, 0.1) is 0 Å². The molecule has 0 N–H and O–H groups in total. The number of carbonyl (C=O) groups excluding carboxylic acids is 1. The summed E-state index contributed by atoms with van der Waals surface area (Å²) < 4.78 is 1.71. The predicted octanol–water partition coefficient (Wildman–Crippen LogP) is 2.99. The number of benzene rings is 1. The van der Waals surface area contributed by atoms with Crippen molar-refractivity contribution in [2.24, 2.45) is 0 Å². The number of nitrogens with zero attached hydrogens (tertiary/aromatic N) is 4. The first-order chi connectivity index (χ1) is 14.2. The van der Waals surface area contributed by atoms with Gasteiger partial charge in [0.15, 0.2) is 4.96 Å². The number of hydrogen-bond acceptors (Lipinski definition) is 5. The lowest BCUT2D eigenvalue weighted by molar-refractivity contribution is 0.0744. The molecule has 1 aliphatic carbocycles. The zero-order valence-corrected chi connectivity index (χ0v) is 17.2. The maximum Gasteiger partial charge on any atom is 0.271 e. The van der Waals surface area contributed by atoms with Crippen molar-refractivity contribution in [1.29, 1.82) is 0 Å². The van der Waals surface area contributed by atoms with Gasteiger partial charge in [-0.3, -0.25) is 14.0 Å². The fourth-order valence-electron chi connectivity index (χ4n) is 4.37. The number of fused-ring (bicyclic) bond motifs is 3. The standard InChI is InChI=1S/C22H24N4O2S/c27-20(25-13-11-24(12-14-25)16-7-3-1-4-8-16)17-15-23-22-26(21(17)28)18-9-5-2-6-10-19(18)29-22/h1,3-4,7-8,15H,2,5-6,9-14H2. The predicted molar refractivity (Wildman–Crippen MR) is 115 cm³/mol. The molecule has 1 amide bonds. The van der Waals surface area contributed by atoms with Crippen molar-refractivity contribution in [3.05, 3.63) is 63.0 Å². The highest BCUT2D eigenvalue weighted by Gasteiger charge is 2.26. The van der Waals surface area contributed by atoms with Gasteiger partial charge in [0.1, 0.15) is 5.56 Å². The van der Waals surface area contributed by atoms with Gasteiger partial charge in [-0.25, -0.2) is 4.98 Å². The zero-order chi connectivity index (χ0) is 19.8. The van der Waals surface area contributed by atoms with Gasteiger partial charge in [-0.05, 0) is 37.8 Å². The summed E-state index contributed by atoms with van der Waals surface area (Å²) in [6.45, 7) is 2.75. The molecular weight excluding hydrogens is 384 g/mol. The monoisotopic (exact) mass is 408 g/mol. The van der Waals surface area contributed by atoms with Crippen LogP contribution in [0, 0.1) is 0 Å². The molecule has 7 heteroatoms. The number of para-hydroxylation sites is 1. The number of amides is 1. The number of rotatable bonds is 2. The number of carbonyl (C=O) groups is 1. The fraction of sp³-hybridized carbons (Fsp3) is 0.409. The number of piperazine rings is 1. The first-order valence-corrected chi connectivity index (χ1v) is 11.2. The molecule has 0 bridgehead atoms. The molecule has 0 radical (unpaired) electrons. The number of aryl methyl sites for hydroxylation is 2. The van der Waals surface area contributed by atoms with Crippen LogP contribution in [0.2, 0.25) is 0 Å². The van der Waals surface area contributed by atoms with E-state index in [4.69, 9.17) is 0 Å². The Bertz CT molecular complexity index is 1100. The van der Waals surface area contributed by atoms with E-state index in [1.165, 1.54) is 23.2 Å². The van der Waals surface area contributed by atoms with Gasteiger partial charge in [0, 0.05) is 48.6 Å². The van der Waals surface area contributed by atoms with E-state index in [1.54, 1.807) is 20.6 Å². The molecule has 1 aromatic carbocycles. The summed E-state index contributed by atoms with van der Waals surface area (Å²) in [7, 11) is 0. The molecule has 3 aromatic rings. The van der Waals surface area contributed by atoms with Crippen molar-refractivity contribution in [3.63, 3.8) is 0 Å². The second-order valence-electron chi connectivity index (χ2n) is 7.74. The van der Waals surface area contributed by atoms with E-state index >= 15 is 0 Å². The van der Waals surface area contributed by atoms with Crippen LogP contribution in [0.25, 0.3) is 4.96 Å². The lowest BCUT2D eigenvalue weighted by Crippen LogP contribution is -2.49. The van der Waals surface area contributed by atoms with Gasteiger partial charge >= 0.3 is 0 Å². The van der Waals surface area contributed by atoms with Crippen LogP contribution in [0.4, 0.5) is 5.69 Å². The van der Waals surface area contributed by atoms with E-state index in [1.807, 2.05) is 18.2 Å². The Labute approximate surface area is 173 Å². The van der Waals surface area contributed by atoms with Crippen LogP contribution in [-0.2, 0) is 12.8 Å². The van der Waals surface area contributed by atoms with Crippen LogP contribution in [0.5, 0.6) is 0 Å². The van der Waals surface area contributed by atoms with Gasteiger partial charge in [0.25, 0.3) is 11.5 Å². The maximum absolute atomic E-state index is 13.2. The smallest absolute Gasteiger partial charge is 0.271 e. The third-order valence-electron chi connectivity index (χ3n) is 5.97. The van der Waals surface area contributed by atoms with Gasteiger partial charge in [-0.15, -0.1) is 11.3 Å². The summed E-state index contributed by atoms with van der Waals surface area (Å²) in [5.41, 5.74) is 2.23. The molecule has 6 nitrogen and oxygen atoms in total. The van der Waals surface area contributed by atoms with E-state index in [-0.39, 0.29) is 17.0 Å². The Morgan fingerprint density at radius 1 is 0.966 bits per heavy atom. The lowest BCUT2D eigenvalue weighted by atomic mass is 10.2. The molecule has 150 valence electrons. The fourth-order valence-corrected chi connectivity index (χ4v) is 5.54. The zero-order valence-electron chi connectivity index (χ0n) is 16.3. The number of aromatic nitrogens is 2. The molecule has 0 saturated carbocycles. The van der Waals surface area contributed by atoms with Gasteiger partial charge < -0.3 is 9.80 Å². The van der Waals surface area contributed by atoms with Crippen molar-refractivity contribution >= 4 is 27.9 Å². The van der Waals surface area contributed by atoms with Crippen LogP contribution >= 0.6 is 11.3 Å². The highest BCUT2D eigenvalue weighted by molar-refractivity contribution is 7.17. The molecule has 29 heavy (non-hydrogen) atoms. The Kier molecular flexibility index (Phi) is 4.83. The highest BCUT2D eigenvalue weighted by Crippen LogP contribution is 2.27. The summed E-state index contributed by atoms with van der Waals surface area (Å²) in [6, 6.07) is 10.2.